The number of anilines is 1. The minimum atomic E-state index is -0.577. The highest BCUT2D eigenvalue weighted by atomic mass is 16.3. The summed E-state index contributed by atoms with van der Waals surface area (Å²) in [6, 6.07) is 9.23. The molecule has 0 bridgehead atoms. The summed E-state index contributed by atoms with van der Waals surface area (Å²) in [5.74, 6) is 0.0882. The number of aliphatic hydroxyl groups excluding tert-OH is 1. The molecule has 5 heteroatoms. The molecule has 1 heterocycles. The lowest BCUT2D eigenvalue weighted by Crippen LogP contribution is -2.33. The van der Waals surface area contributed by atoms with Crippen LogP contribution in [0.4, 0.5) is 5.82 Å². The molecule has 1 aromatic heterocycles. The number of benzene rings is 1. The Kier molecular flexibility index (Phi) is 3.66. The van der Waals surface area contributed by atoms with Crippen molar-refractivity contribution in [2.75, 3.05) is 19.3 Å². The summed E-state index contributed by atoms with van der Waals surface area (Å²) in [7, 11) is 1.63. The maximum Gasteiger partial charge on any atom is 0.272 e. The van der Waals surface area contributed by atoms with Crippen LogP contribution in [0, 0.1) is 0 Å². The van der Waals surface area contributed by atoms with Crippen LogP contribution in [0.1, 0.15) is 17.4 Å². The molecule has 100 valence electrons. The van der Waals surface area contributed by atoms with Crippen LogP contribution < -0.4 is 5.73 Å². The maximum atomic E-state index is 12.2. The van der Waals surface area contributed by atoms with Gasteiger partial charge in [-0.1, -0.05) is 24.3 Å². The first-order valence-corrected chi connectivity index (χ1v) is 6.08. The Hall–Kier alpha value is -2.14. The molecule has 1 amide bonds. The van der Waals surface area contributed by atoms with Crippen molar-refractivity contribution in [2.45, 2.75) is 13.0 Å². The summed E-state index contributed by atoms with van der Waals surface area (Å²) >= 11 is 0. The van der Waals surface area contributed by atoms with Gasteiger partial charge in [-0.2, -0.15) is 0 Å². The van der Waals surface area contributed by atoms with Gasteiger partial charge < -0.3 is 15.7 Å². The number of nitrogen functional groups attached to an aromatic ring is 1. The lowest BCUT2D eigenvalue weighted by molar-refractivity contribution is 0.0698. The molecule has 2 rings (SSSR count). The van der Waals surface area contributed by atoms with Gasteiger partial charge in [0.1, 0.15) is 11.5 Å². The zero-order valence-corrected chi connectivity index (χ0v) is 11.0. The Balaban J connectivity index is 2.38. The van der Waals surface area contributed by atoms with Crippen LogP contribution in [0.2, 0.25) is 0 Å². The number of likely N-dealkylation sites (N-methyl/N-ethyl adjacent to an activating group) is 1. The van der Waals surface area contributed by atoms with Gasteiger partial charge in [-0.25, -0.2) is 4.98 Å². The fourth-order valence-electron chi connectivity index (χ4n) is 2.01. The molecule has 0 spiro atoms. The van der Waals surface area contributed by atoms with Crippen LogP contribution in [-0.2, 0) is 0 Å². The van der Waals surface area contributed by atoms with Crippen molar-refractivity contribution in [1.29, 1.82) is 0 Å². The number of nitrogens with zero attached hydrogens (tertiary/aromatic N) is 2. The van der Waals surface area contributed by atoms with Crippen LogP contribution in [0.5, 0.6) is 0 Å². The average Bonchev–Trinajstić information content (AvgIpc) is 2.37. The van der Waals surface area contributed by atoms with Crippen LogP contribution in [0.3, 0.4) is 0 Å². The van der Waals surface area contributed by atoms with Crippen molar-refractivity contribution < 1.29 is 9.90 Å². The molecule has 2 aromatic rings. The zero-order chi connectivity index (χ0) is 14.0. The van der Waals surface area contributed by atoms with Gasteiger partial charge in [-0.05, 0) is 18.4 Å². The lowest BCUT2D eigenvalue weighted by atomic mass is 10.1. The Bertz CT molecular complexity index is 611. The lowest BCUT2D eigenvalue weighted by Gasteiger charge is -2.18. The van der Waals surface area contributed by atoms with E-state index in [-0.39, 0.29) is 12.5 Å². The number of carbonyl (C=O) groups excluding carboxylic acids is 1. The molecule has 1 aromatic carbocycles. The molecule has 0 aliphatic carbocycles. The first-order valence-electron chi connectivity index (χ1n) is 6.08. The SMILES string of the molecule is CC(O)CN(C)C(=O)c1cc2ccccc2c(N)n1. The van der Waals surface area contributed by atoms with Crippen molar-refractivity contribution >= 4 is 22.5 Å². The largest absolute Gasteiger partial charge is 0.392 e. The number of fused-ring (bicyclic) bond motifs is 1. The highest BCUT2D eigenvalue weighted by molar-refractivity contribution is 5.99. The van der Waals surface area contributed by atoms with E-state index in [0.717, 1.165) is 10.8 Å². The minimum Gasteiger partial charge on any atom is -0.392 e. The molecule has 0 radical (unpaired) electrons. The number of carbonyl (C=O) groups is 1. The smallest absolute Gasteiger partial charge is 0.272 e. The van der Waals surface area contributed by atoms with Crippen molar-refractivity contribution in [3.63, 3.8) is 0 Å². The van der Waals surface area contributed by atoms with Crippen molar-refractivity contribution in [3.05, 3.63) is 36.0 Å². The van der Waals surface area contributed by atoms with E-state index in [0.29, 0.717) is 11.5 Å². The van der Waals surface area contributed by atoms with Gasteiger partial charge in [0, 0.05) is 19.0 Å². The van der Waals surface area contributed by atoms with Crippen LogP contribution >= 0.6 is 0 Å². The van der Waals surface area contributed by atoms with Gasteiger partial charge in [0.15, 0.2) is 0 Å². The molecule has 0 aliphatic heterocycles. The predicted molar refractivity (Wildman–Crippen MR) is 74.8 cm³/mol. The normalized spacial score (nSPS) is 12.4. The Morgan fingerprint density at radius 2 is 2.16 bits per heavy atom. The molecular weight excluding hydrogens is 242 g/mol. The summed E-state index contributed by atoms with van der Waals surface area (Å²) in [4.78, 5) is 17.7. The van der Waals surface area contributed by atoms with Gasteiger partial charge in [0.2, 0.25) is 0 Å². The third kappa shape index (κ3) is 2.82. The number of pyridine rings is 1. The zero-order valence-electron chi connectivity index (χ0n) is 11.0. The minimum absolute atomic E-state index is 0.252. The standard InChI is InChI=1S/C14H17N3O2/c1-9(18)8-17(2)14(19)12-7-10-5-3-4-6-11(10)13(15)16-12/h3-7,9,18H,8H2,1-2H3,(H2,15,16). The summed E-state index contributed by atoms with van der Waals surface area (Å²) in [5.41, 5.74) is 6.16. The molecule has 0 fully saturated rings. The first kappa shape index (κ1) is 13.3. The van der Waals surface area contributed by atoms with Gasteiger partial charge in [-0.15, -0.1) is 0 Å². The van der Waals surface area contributed by atoms with E-state index in [1.54, 1.807) is 20.0 Å². The van der Waals surface area contributed by atoms with Crippen LogP contribution in [-0.4, -0.2) is 40.6 Å². The highest BCUT2D eigenvalue weighted by Gasteiger charge is 2.16. The van der Waals surface area contributed by atoms with E-state index >= 15 is 0 Å². The fraction of sp³-hybridized carbons (Fsp3) is 0.286. The third-order valence-electron chi connectivity index (χ3n) is 2.87. The molecule has 3 N–H and O–H groups in total. The molecule has 0 saturated carbocycles. The Morgan fingerprint density at radius 1 is 1.47 bits per heavy atom. The average molecular weight is 259 g/mol. The molecule has 0 aliphatic rings. The second-order valence-corrected chi connectivity index (χ2v) is 4.65. The second-order valence-electron chi connectivity index (χ2n) is 4.65. The van der Waals surface area contributed by atoms with Crippen molar-refractivity contribution in [2.24, 2.45) is 0 Å². The number of rotatable bonds is 3. The first-order chi connectivity index (χ1) is 8.99. The number of aromatic nitrogens is 1. The van der Waals surface area contributed by atoms with E-state index in [2.05, 4.69) is 4.98 Å². The summed E-state index contributed by atoms with van der Waals surface area (Å²) in [5, 5.41) is 11.0. The summed E-state index contributed by atoms with van der Waals surface area (Å²) in [6.07, 6.45) is -0.577. The van der Waals surface area contributed by atoms with Crippen LogP contribution in [0.15, 0.2) is 30.3 Å². The van der Waals surface area contributed by atoms with Crippen LogP contribution in [0.25, 0.3) is 10.8 Å². The van der Waals surface area contributed by atoms with Gasteiger partial charge >= 0.3 is 0 Å². The maximum absolute atomic E-state index is 12.2. The number of hydrogen-bond acceptors (Lipinski definition) is 4. The van der Waals surface area contributed by atoms with E-state index in [1.165, 1.54) is 4.90 Å². The second kappa shape index (κ2) is 5.24. The van der Waals surface area contributed by atoms with E-state index < -0.39 is 6.10 Å². The van der Waals surface area contributed by atoms with E-state index in [9.17, 15) is 9.90 Å². The Labute approximate surface area is 111 Å². The fourth-order valence-corrected chi connectivity index (χ4v) is 2.01. The molecule has 1 unspecified atom stereocenters. The van der Waals surface area contributed by atoms with Crippen molar-refractivity contribution in [3.8, 4) is 0 Å². The monoisotopic (exact) mass is 259 g/mol. The number of amides is 1. The number of hydrogen-bond donors (Lipinski definition) is 2. The highest BCUT2D eigenvalue weighted by Crippen LogP contribution is 2.20. The molecule has 0 saturated heterocycles. The number of aliphatic hydroxyl groups is 1. The van der Waals surface area contributed by atoms with Gasteiger partial charge in [-0.3, -0.25) is 4.79 Å². The molecule has 5 nitrogen and oxygen atoms in total. The predicted octanol–water partition coefficient (Wildman–Crippen LogP) is 1.27. The molecular formula is C14H17N3O2. The number of nitrogens with two attached hydrogens (primary N) is 1. The molecule has 19 heavy (non-hydrogen) atoms. The Morgan fingerprint density at radius 3 is 2.84 bits per heavy atom. The quantitative estimate of drug-likeness (QED) is 0.870. The van der Waals surface area contributed by atoms with E-state index in [1.807, 2.05) is 24.3 Å². The summed E-state index contributed by atoms with van der Waals surface area (Å²) < 4.78 is 0. The van der Waals surface area contributed by atoms with Gasteiger partial charge in [0.05, 0.1) is 6.10 Å². The third-order valence-corrected chi connectivity index (χ3v) is 2.87. The molecule has 1 atom stereocenters. The summed E-state index contributed by atoms with van der Waals surface area (Å²) in [6.45, 7) is 1.89. The van der Waals surface area contributed by atoms with Gasteiger partial charge in [0.25, 0.3) is 5.91 Å². The topological polar surface area (TPSA) is 79.5 Å². The van der Waals surface area contributed by atoms with E-state index in [4.69, 9.17) is 5.73 Å². The van der Waals surface area contributed by atoms with Crippen molar-refractivity contribution in [1.82, 2.24) is 9.88 Å².